The summed E-state index contributed by atoms with van der Waals surface area (Å²) >= 11 is 0. The quantitative estimate of drug-likeness (QED) is 0.195. The third kappa shape index (κ3) is 5.33. The van der Waals surface area contributed by atoms with Crippen LogP contribution in [0.2, 0.25) is 0 Å². The van der Waals surface area contributed by atoms with Crippen LogP contribution in [0.25, 0.3) is 73.1 Å². The SMILES string of the molecule is [2H]c1c([2H])c([2H])c(-c2nc(-c3c([2H])c([2H])c(-c4c([2H])c([2H])c(-c5c([2H])c([2H])c6c(c5[2H])n(C)c(=O)n6-c5c([2H])c([2H])c([2H])c([2H])c5[2H])c([2H])c4[2H])c([2H])c3[2H])nc(-c3c([2H])c([2H])c([2H])c(O)c3[2H])n2)c([2H])c1[2H]. The van der Waals surface area contributed by atoms with Crippen molar-refractivity contribution >= 4 is 11.0 Å². The van der Waals surface area contributed by atoms with Gasteiger partial charge < -0.3 is 5.11 Å². The summed E-state index contributed by atoms with van der Waals surface area (Å²) in [5.41, 5.74) is -8.43. The topological polar surface area (TPSA) is 85.8 Å². The van der Waals surface area contributed by atoms with Crippen LogP contribution in [-0.2, 0) is 7.05 Å². The number of aromatic nitrogens is 5. The molecule has 0 saturated heterocycles. The summed E-state index contributed by atoms with van der Waals surface area (Å²) in [5, 5.41) is 10.6. The van der Waals surface area contributed by atoms with Crippen molar-refractivity contribution in [2.45, 2.75) is 0 Å². The molecule has 1 N–H and O–H groups in total. The predicted octanol–water partition coefficient (Wildman–Crippen LogP) is 8.55. The van der Waals surface area contributed by atoms with Crippen LogP contribution in [0, 0.1) is 0 Å². The Kier molecular flexibility index (Phi) is 3.13. The van der Waals surface area contributed by atoms with Crippen LogP contribution in [0.1, 0.15) is 34.3 Å². The Hall–Kier alpha value is -6.60. The molecule has 0 aliphatic rings. The van der Waals surface area contributed by atoms with E-state index in [0.29, 0.717) is 4.57 Å². The van der Waals surface area contributed by atoms with Crippen LogP contribution >= 0.6 is 0 Å². The average molecular weight is 649 g/mol. The Bertz CT molecular complexity index is 3700. The summed E-state index contributed by atoms with van der Waals surface area (Å²) in [5.74, 6) is -3.62. The first-order valence-electron chi connectivity index (χ1n) is 26.1. The van der Waals surface area contributed by atoms with Gasteiger partial charge in [0.1, 0.15) is 5.75 Å². The molecule has 0 aliphatic heterocycles. The van der Waals surface area contributed by atoms with Gasteiger partial charge >= 0.3 is 5.69 Å². The smallest absolute Gasteiger partial charge is 0.333 e. The van der Waals surface area contributed by atoms with Crippen LogP contribution in [0.3, 0.4) is 0 Å². The van der Waals surface area contributed by atoms with Gasteiger partial charge in [0.25, 0.3) is 0 Å². The number of aromatic hydroxyl groups is 1. The van der Waals surface area contributed by atoms with Gasteiger partial charge in [0.2, 0.25) is 0 Å². The van der Waals surface area contributed by atoms with E-state index in [4.69, 9.17) is 32.9 Å². The van der Waals surface area contributed by atoms with Crippen molar-refractivity contribution in [1.82, 2.24) is 24.1 Å². The summed E-state index contributed by atoms with van der Waals surface area (Å²) in [6.45, 7) is 0. The first-order chi connectivity index (χ1) is 33.9. The number of para-hydroxylation sites is 1. The summed E-state index contributed by atoms with van der Waals surface area (Å²) in [6.07, 6.45) is 0. The van der Waals surface area contributed by atoms with Crippen molar-refractivity contribution in [3.05, 3.63) is 162 Å². The van der Waals surface area contributed by atoms with Crippen LogP contribution < -0.4 is 5.69 Å². The van der Waals surface area contributed by atoms with Crippen molar-refractivity contribution in [2.24, 2.45) is 7.05 Å². The molecule has 48 heavy (non-hydrogen) atoms. The lowest BCUT2D eigenvalue weighted by atomic mass is 9.99. The number of rotatable bonds is 6. The van der Waals surface area contributed by atoms with Gasteiger partial charge in [-0.25, -0.2) is 19.7 Å². The van der Waals surface area contributed by atoms with Gasteiger partial charge in [0.05, 0.1) is 51.0 Å². The number of benzene rings is 6. The number of nitrogens with zero attached hydrogens (tertiary/aromatic N) is 5. The molecule has 0 amide bonds. The van der Waals surface area contributed by atoms with Gasteiger partial charge in [-0.2, -0.15) is 0 Å². The number of fused-ring (bicyclic) bond motifs is 1. The van der Waals surface area contributed by atoms with Gasteiger partial charge in [-0.3, -0.25) is 9.13 Å². The molecule has 0 unspecified atom stereocenters. The van der Waals surface area contributed by atoms with Crippen molar-refractivity contribution in [1.29, 1.82) is 0 Å². The van der Waals surface area contributed by atoms with E-state index < -0.39 is 236 Å². The van der Waals surface area contributed by atoms with Gasteiger partial charge in [0.15, 0.2) is 17.5 Å². The molecule has 8 aromatic rings. The highest BCUT2D eigenvalue weighted by Gasteiger charge is 2.15. The zero-order valence-corrected chi connectivity index (χ0v) is 24.1. The number of aryl methyl sites for hydroxylation is 1. The average Bonchev–Trinajstić information content (AvgIpc) is 3.61. The second kappa shape index (κ2) is 12.0. The van der Waals surface area contributed by atoms with E-state index in [0.717, 1.165) is 11.6 Å². The zero-order valence-electron chi connectivity index (χ0n) is 49.1. The first kappa shape index (κ1) is 12.5. The highest BCUT2D eigenvalue weighted by atomic mass is 16.3. The summed E-state index contributed by atoms with van der Waals surface area (Å²) < 4.78 is 217. The van der Waals surface area contributed by atoms with Crippen LogP contribution in [-0.4, -0.2) is 29.2 Å². The molecule has 7 nitrogen and oxygen atoms in total. The van der Waals surface area contributed by atoms with Crippen LogP contribution in [0.4, 0.5) is 0 Å². The Labute approximate surface area is 311 Å². The van der Waals surface area contributed by atoms with Gasteiger partial charge in [-0.05, 0) is 58.5 Å². The molecular formula is C41H29N5O2. The molecule has 230 valence electrons. The van der Waals surface area contributed by atoms with E-state index in [1.165, 1.54) is 0 Å². The van der Waals surface area contributed by atoms with E-state index in [9.17, 15) is 11.3 Å². The van der Waals surface area contributed by atoms with Gasteiger partial charge in [-0.1, -0.05) is 115 Å². The third-order valence-electron chi connectivity index (χ3n) is 6.69. The van der Waals surface area contributed by atoms with E-state index in [1.807, 2.05) is 0 Å². The third-order valence-corrected chi connectivity index (χ3v) is 6.69. The lowest BCUT2D eigenvalue weighted by Gasteiger charge is -2.10. The maximum atomic E-state index is 13.8. The van der Waals surface area contributed by atoms with Crippen molar-refractivity contribution < 1.29 is 39.4 Å². The molecule has 6 aromatic carbocycles. The van der Waals surface area contributed by atoms with Crippen LogP contribution in [0.5, 0.6) is 5.75 Å². The lowest BCUT2D eigenvalue weighted by molar-refractivity contribution is 0.475. The second-order valence-corrected chi connectivity index (χ2v) is 9.63. The normalized spacial score (nSPS) is 18.5. The monoisotopic (exact) mass is 648 g/mol. The van der Waals surface area contributed by atoms with E-state index >= 15 is 0 Å². The van der Waals surface area contributed by atoms with E-state index in [1.54, 1.807) is 0 Å². The molecule has 2 aromatic heterocycles. The number of phenolic OH excluding ortho intramolecular Hbond substituents is 1. The number of imidazole rings is 1. The number of hydrogen-bond donors (Lipinski definition) is 1. The molecule has 0 spiro atoms. The minimum atomic E-state index is -1.13. The highest BCUT2D eigenvalue weighted by molar-refractivity contribution is 5.84. The fourth-order valence-electron chi connectivity index (χ4n) is 4.45. The first-order valence-corrected chi connectivity index (χ1v) is 13.6. The van der Waals surface area contributed by atoms with E-state index in [2.05, 4.69) is 15.0 Å². The van der Waals surface area contributed by atoms with Crippen LogP contribution in [0.15, 0.2) is 156 Å². The maximum absolute atomic E-state index is 13.8. The minimum absolute atomic E-state index is 0.483. The summed E-state index contributed by atoms with van der Waals surface area (Å²) in [6, 6.07) is -23.4. The zero-order chi connectivity index (χ0) is 54.4. The molecule has 0 bridgehead atoms. The lowest BCUT2D eigenvalue weighted by Crippen LogP contribution is -2.20. The Morgan fingerprint density at radius 3 is 1.60 bits per heavy atom. The maximum Gasteiger partial charge on any atom is 0.333 e. The van der Waals surface area contributed by atoms with Gasteiger partial charge in [-0.15, -0.1) is 0 Å². The molecule has 0 fully saturated rings. The predicted molar refractivity (Wildman–Crippen MR) is 191 cm³/mol. The largest absolute Gasteiger partial charge is 0.508 e. The fourth-order valence-corrected chi connectivity index (χ4v) is 4.45. The van der Waals surface area contributed by atoms with Crippen molar-refractivity contribution in [2.75, 3.05) is 0 Å². The molecule has 0 aliphatic carbocycles. The summed E-state index contributed by atoms with van der Waals surface area (Å²) in [4.78, 5) is 26.2. The standard InChI is InChI=1S/C41H29N5O2/c1-45-37-26-32(23-24-36(37)46(41(45)48)34-12-6-3-7-13-34)29-17-15-27(16-18-29)28-19-21-31(22-20-28)39-42-38(30-9-4-2-5-10-30)43-40(44-39)33-11-8-14-35(47)25-33/h2-26,47H,1H3/i2D,3D,4D,5D,6D,7D,8D,9D,10D,11D,12D,13D,14D,15D,16D,17D,18D,19D,20D,21D,22D,23D,24D,25D,26D. The second-order valence-electron chi connectivity index (χ2n) is 9.63. The molecule has 0 saturated carbocycles. The van der Waals surface area contributed by atoms with E-state index in [-0.39, 0.29) is 0 Å². The highest BCUT2D eigenvalue weighted by Crippen LogP contribution is 2.30. The number of hydrogen-bond acceptors (Lipinski definition) is 5. The summed E-state index contributed by atoms with van der Waals surface area (Å²) in [7, 11) is 1.10. The number of phenols is 1. The Morgan fingerprint density at radius 1 is 0.500 bits per heavy atom. The Morgan fingerprint density at radius 2 is 0.979 bits per heavy atom. The fraction of sp³-hybridized carbons (Fsp3) is 0.0244. The molecular weight excluding hydrogens is 594 g/mol. The molecule has 7 heteroatoms. The molecule has 2 heterocycles. The molecule has 0 radical (unpaired) electrons. The molecule has 8 rings (SSSR count). The van der Waals surface area contributed by atoms with Crippen molar-refractivity contribution in [3.63, 3.8) is 0 Å². The Balaban J connectivity index is 1.38. The van der Waals surface area contributed by atoms with Crippen molar-refractivity contribution in [3.8, 4) is 67.9 Å². The van der Waals surface area contributed by atoms with Gasteiger partial charge in [0, 0.05) is 23.7 Å². The minimum Gasteiger partial charge on any atom is -0.508 e. The molecule has 0 atom stereocenters.